The first-order valence-electron chi connectivity index (χ1n) is 5.38. The van der Waals surface area contributed by atoms with Crippen LogP contribution in [0.25, 0.3) is 0 Å². The molecule has 0 aromatic heterocycles. The molecule has 1 aliphatic heterocycles. The van der Waals surface area contributed by atoms with E-state index < -0.39 is 0 Å². The van der Waals surface area contributed by atoms with Gasteiger partial charge in [0.1, 0.15) is 5.84 Å². The number of hydrogen-bond acceptors (Lipinski definition) is 2. The maximum absolute atomic E-state index is 11.6. The number of carbonyl (C=O) groups excluding carboxylic acids is 1. The van der Waals surface area contributed by atoms with Crippen molar-refractivity contribution >= 4 is 27.7 Å². The third-order valence-electron chi connectivity index (χ3n) is 2.92. The van der Waals surface area contributed by atoms with Crippen molar-refractivity contribution in [2.24, 2.45) is 10.9 Å². The zero-order chi connectivity index (χ0) is 11.1. The second-order valence-electron chi connectivity index (χ2n) is 4.23. The highest BCUT2D eigenvalue weighted by Crippen LogP contribution is 2.29. The maximum Gasteiger partial charge on any atom is 0.228 e. The van der Waals surface area contributed by atoms with Crippen LogP contribution in [0.1, 0.15) is 24.0 Å². The first-order chi connectivity index (χ1) is 7.74. The van der Waals surface area contributed by atoms with Gasteiger partial charge in [0.15, 0.2) is 0 Å². The summed E-state index contributed by atoms with van der Waals surface area (Å²) in [5, 5.41) is 2.91. The van der Waals surface area contributed by atoms with Crippen LogP contribution in [0.3, 0.4) is 0 Å². The third kappa shape index (κ3) is 1.78. The Morgan fingerprint density at radius 2 is 2.25 bits per heavy atom. The van der Waals surface area contributed by atoms with E-state index >= 15 is 0 Å². The molecule has 1 aromatic carbocycles. The van der Waals surface area contributed by atoms with Gasteiger partial charge < -0.3 is 5.32 Å². The Morgan fingerprint density at radius 1 is 1.44 bits per heavy atom. The summed E-state index contributed by atoms with van der Waals surface area (Å²) in [5.74, 6) is 1.08. The summed E-state index contributed by atoms with van der Waals surface area (Å²) in [7, 11) is 0. The van der Waals surface area contributed by atoms with Gasteiger partial charge in [-0.15, -0.1) is 0 Å². The van der Waals surface area contributed by atoms with Crippen molar-refractivity contribution in [1.82, 2.24) is 5.32 Å². The molecule has 0 radical (unpaired) electrons. The number of rotatable bonds is 1. The van der Waals surface area contributed by atoms with Crippen LogP contribution in [0.2, 0.25) is 0 Å². The zero-order valence-corrected chi connectivity index (χ0v) is 10.3. The summed E-state index contributed by atoms with van der Waals surface area (Å²) < 4.78 is 1.05. The first-order valence-corrected chi connectivity index (χ1v) is 6.17. The average Bonchev–Trinajstić information content (AvgIpc) is 3.03. The molecular weight excluding hydrogens is 268 g/mol. The SMILES string of the molecule is O=C(NC1=NCc2cc(Br)ccc21)C1CC1. The van der Waals surface area contributed by atoms with E-state index in [-0.39, 0.29) is 11.8 Å². The Morgan fingerprint density at radius 3 is 3.00 bits per heavy atom. The lowest BCUT2D eigenvalue weighted by Gasteiger charge is -2.05. The number of aliphatic imine (C=N–C) groups is 1. The molecule has 1 N–H and O–H groups in total. The summed E-state index contributed by atoms with van der Waals surface area (Å²) in [6, 6.07) is 6.02. The van der Waals surface area contributed by atoms with E-state index in [9.17, 15) is 4.79 Å². The number of carbonyl (C=O) groups is 1. The molecule has 3 nitrogen and oxygen atoms in total. The van der Waals surface area contributed by atoms with Crippen molar-refractivity contribution in [2.75, 3.05) is 0 Å². The highest BCUT2D eigenvalue weighted by Gasteiger charge is 2.31. The molecule has 0 saturated heterocycles. The monoisotopic (exact) mass is 278 g/mol. The lowest BCUT2D eigenvalue weighted by Crippen LogP contribution is -2.31. The first kappa shape index (κ1) is 10.0. The number of nitrogens with one attached hydrogen (secondary N) is 1. The van der Waals surface area contributed by atoms with Gasteiger partial charge in [0.05, 0.1) is 6.54 Å². The minimum Gasteiger partial charge on any atom is -0.310 e. The van der Waals surface area contributed by atoms with Gasteiger partial charge in [-0.05, 0) is 36.6 Å². The van der Waals surface area contributed by atoms with Crippen LogP contribution in [0, 0.1) is 5.92 Å². The summed E-state index contributed by atoms with van der Waals surface area (Å²) in [6.45, 7) is 0.662. The largest absolute Gasteiger partial charge is 0.310 e. The molecule has 4 heteroatoms. The second-order valence-corrected chi connectivity index (χ2v) is 5.15. The fourth-order valence-electron chi connectivity index (χ4n) is 1.84. The Balaban J connectivity index is 1.81. The van der Waals surface area contributed by atoms with Gasteiger partial charge in [0.25, 0.3) is 0 Å². The minimum absolute atomic E-state index is 0.120. The predicted molar refractivity (Wildman–Crippen MR) is 65.2 cm³/mol. The highest BCUT2D eigenvalue weighted by atomic mass is 79.9. The number of halogens is 1. The predicted octanol–water partition coefficient (Wildman–Crippen LogP) is 2.24. The molecule has 0 spiro atoms. The van der Waals surface area contributed by atoms with Gasteiger partial charge >= 0.3 is 0 Å². The lowest BCUT2D eigenvalue weighted by atomic mass is 10.1. The molecule has 1 heterocycles. The van der Waals surface area contributed by atoms with E-state index in [0.29, 0.717) is 6.54 Å². The number of benzene rings is 1. The zero-order valence-electron chi connectivity index (χ0n) is 8.66. The smallest absolute Gasteiger partial charge is 0.228 e. The van der Waals surface area contributed by atoms with E-state index in [1.807, 2.05) is 12.1 Å². The van der Waals surface area contributed by atoms with Crippen LogP contribution >= 0.6 is 15.9 Å². The van der Waals surface area contributed by atoms with Crippen molar-refractivity contribution in [3.05, 3.63) is 33.8 Å². The summed E-state index contributed by atoms with van der Waals surface area (Å²) in [4.78, 5) is 16.0. The number of amidine groups is 1. The fraction of sp³-hybridized carbons (Fsp3) is 0.333. The summed E-state index contributed by atoms with van der Waals surface area (Å²) >= 11 is 3.43. The van der Waals surface area contributed by atoms with Crippen molar-refractivity contribution in [3.63, 3.8) is 0 Å². The van der Waals surface area contributed by atoms with Gasteiger partial charge in [-0.25, -0.2) is 0 Å². The molecule has 3 rings (SSSR count). The van der Waals surface area contributed by atoms with Crippen LogP contribution in [-0.4, -0.2) is 11.7 Å². The molecule has 0 unspecified atom stereocenters. The van der Waals surface area contributed by atoms with Crippen molar-refractivity contribution in [2.45, 2.75) is 19.4 Å². The summed E-state index contributed by atoms with van der Waals surface area (Å²) in [5.41, 5.74) is 2.22. The van der Waals surface area contributed by atoms with Gasteiger partial charge in [-0.2, -0.15) is 0 Å². The van der Waals surface area contributed by atoms with Crippen LogP contribution in [-0.2, 0) is 11.3 Å². The molecule has 0 bridgehead atoms. The van der Waals surface area contributed by atoms with Gasteiger partial charge in [-0.1, -0.05) is 15.9 Å². The molecule has 1 fully saturated rings. The second kappa shape index (κ2) is 3.70. The lowest BCUT2D eigenvalue weighted by molar-refractivity contribution is -0.120. The molecule has 1 saturated carbocycles. The molecular formula is C12H11BrN2O. The van der Waals surface area contributed by atoms with E-state index in [4.69, 9.17) is 0 Å². The van der Waals surface area contributed by atoms with Gasteiger partial charge in [-0.3, -0.25) is 9.79 Å². The van der Waals surface area contributed by atoms with Crippen LogP contribution in [0.4, 0.5) is 0 Å². The molecule has 1 aliphatic carbocycles. The normalized spacial score (nSPS) is 17.9. The standard InChI is InChI=1S/C12H11BrN2O/c13-9-3-4-10-8(5-9)6-14-11(10)15-12(16)7-1-2-7/h3-5,7H,1-2,6H2,(H,14,15,16). The van der Waals surface area contributed by atoms with Crippen LogP contribution < -0.4 is 5.32 Å². The molecule has 0 atom stereocenters. The fourth-order valence-corrected chi connectivity index (χ4v) is 2.25. The van der Waals surface area contributed by atoms with E-state index in [0.717, 1.165) is 28.7 Å². The minimum atomic E-state index is 0.120. The number of hydrogen-bond donors (Lipinski definition) is 1. The number of amides is 1. The quantitative estimate of drug-likeness (QED) is 0.841. The molecule has 16 heavy (non-hydrogen) atoms. The van der Waals surface area contributed by atoms with Gasteiger partial charge in [0.2, 0.25) is 5.91 Å². The van der Waals surface area contributed by atoms with Crippen molar-refractivity contribution < 1.29 is 4.79 Å². The van der Waals surface area contributed by atoms with Crippen LogP contribution in [0.5, 0.6) is 0 Å². The van der Waals surface area contributed by atoms with E-state index in [1.165, 1.54) is 5.56 Å². The Kier molecular flexibility index (Phi) is 2.32. The van der Waals surface area contributed by atoms with E-state index in [1.54, 1.807) is 0 Å². The average molecular weight is 279 g/mol. The number of fused-ring (bicyclic) bond motifs is 1. The van der Waals surface area contributed by atoms with Crippen LogP contribution in [0.15, 0.2) is 27.7 Å². The van der Waals surface area contributed by atoms with Crippen molar-refractivity contribution in [3.8, 4) is 0 Å². The molecule has 82 valence electrons. The molecule has 1 aromatic rings. The Labute approximate surface area is 102 Å². The maximum atomic E-state index is 11.6. The third-order valence-corrected chi connectivity index (χ3v) is 3.41. The van der Waals surface area contributed by atoms with Gasteiger partial charge in [0, 0.05) is 16.0 Å². The molecule has 2 aliphatic rings. The Bertz CT molecular complexity index is 492. The van der Waals surface area contributed by atoms with E-state index in [2.05, 4.69) is 32.3 Å². The topological polar surface area (TPSA) is 41.5 Å². The number of nitrogens with zero attached hydrogens (tertiary/aromatic N) is 1. The molecule has 1 amide bonds. The highest BCUT2D eigenvalue weighted by molar-refractivity contribution is 9.10. The summed E-state index contributed by atoms with van der Waals surface area (Å²) in [6.07, 6.45) is 2.04. The Hall–Kier alpha value is -1.16. The van der Waals surface area contributed by atoms with Crippen molar-refractivity contribution in [1.29, 1.82) is 0 Å².